The summed E-state index contributed by atoms with van der Waals surface area (Å²) >= 11 is 0. The number of nitrogens with one attached hydrogen (secondary N) is 1. The maximum absolute atomic E-state index is 5.91. The van der Waals surface area contributed by atoms with Crippen molar-refractivity contribution in [2.24, 2.45) is 0 Å². The summed E-state index contributed by atoms with van der Waals surface area (Å²) in [4.78, 5) is 0. The van der Waals surface area contributed by atoms with Gasteiger partial charge in [-0.25, -0.2) is 0 Å². The van der Waals surface area contributed by atoms with E-state index in [-0.39, 0.29) is 6.10 Å². The Hall–Kier alpha value is -1.55. The second-order valence-corrected chi connectivity index (χ2v) is 4.05. The Balaban J connectivity index is 1.77. The van der Waals surface area contributed by atoms with Gasteiger partial charge in [-0.05, 0) is 18.2 Å². The van der Waals surface area contributed by atoms with E-state index in [1.165, 1.54) is 0 Å². The Morgan fingerprint density at radius 3 is 3.06 bits per heavy atom. The first kappa shape index (κ1) is 9.66. The first-order valence-corrected chi connectivity index (χ1v) is 5.59. The highest BCUT2D eigenvalue weighted by Crippen LogP contribution is 2.22. The quantitative estimate of drug-likeness (QED) is 0.839. The molecule has 1 N–H and O–H groups in total. The number of H-pyrrole nitrogens is 1. The molecule has 0 atom stereocenters. The van der Waals surface area contributed by atoms with Crippen molar-refractivity contribution >= 4 is 10.9 Å². The van der Waals surface area contributed by atoms with Gasteiger partial charge in [0.15, 0.2) is 0 Å². The van der Waals surface area contributed by atoms with Crippen LogP contribution in [-0.2, 0) is 4.74 Å². The molecule has 1 aliphatic rings. The van der Waals surface area contributed by atoms with Crippen LogP contribution in [-0.4, -0.2) is 29.5 Å². The minimum absolute atomic E-state index is 0.290. The molecule has 16 heavy (non-hydrogen) atoms. The van der Waals surface area contributed by atoms with Gasteiger partial charge >= 0.3 is 0 Å². The predicted molar refractivity (Wildman–Crippen MR) is 60.6 cm³/mol. The number of hydrogen-bond donors (Lipinski definition) is 1. The molecule has 0 aliphatic carbocycles. The van der Waals surface area contributed by atoms with E-state index in [9.17, 15) is 0 Å². The fraction of sp³-hybridized carbons (Fsp3) is 0.417. The molecule has 1 saturated heterocycles. The molecule has 0 radical (unpaired) electrons. The van der Waals surface area contributed by atoms with E-state index in [2.05, 4.69) is 10.2 Å². The molecule has 2 heterocycles. The third-order valence-corrected chi connectivity index (χ3v) is 2.88. The van der Waals surface area contributed by atoms with Crippen LogP contribution in [0.3, 0.4) is 0 Å². The van der Waals surface area contributed by atoms with Gasteiger partial charge in [-0.2, -0.15) is 5.10 Å². The van der Waals surface area contributed by atoms with E-state index in [4.69, 9.17) is 9.47 Å². The fourth-order valence-electron chi connectivity index (χ4n) is 1.98. The van der Waals surface area contributed by atoms with Crippen LogP contribution in [0.25, 0.3) is 10.9 Å². The number of aromatic amines is 1. The molecule has 0 spiro atoms. The molecule has 1 aromatic carbocycles. The lowest BCUT2D eigenvalue weighted by Crippen LogP contribution is -2.25. The molecule has 1 aromatic heterocycles. The van der Waals surface area contributed by atoms with Crippen molar-refractivity contribution in [3.63, 3.8) is 0 Å². The molecule has 3 rings (SSSR count). The normalized spacial score (nSPS) is 17.8. The summed E-state index contributed by atoms with van der Waals surface area (Å²) in [6.07, 6.45) is 4.05. The van der Waals surface area contributed by atoms with Crippen molar-refractivity contribution < 1.29 is 9.47 Å². The van der Waals surface area contributed by atoms with Crippen molar-refractivity contribution in [2.45, 2.75) is 18.9 Å². The molecular weight excluding hydrogens is 204 g/mol. The molecule has 2 aromatic rings. The van der Waals surface area contributed by atoms with Crippen molar-refractivity contribution in [3.05, 3.63) is 24.4 Å². The van der Waals surface area contributed by atoms with Crippen LogP contribution in [0.4, 0.5) is 0 Å². The van der Waals surface area contributed by atoms with E-state index in [0.717, 1.165) is 42.7 Å². The Bertz CT molecular complexity index is 475. The zero-order chi connectivity index (χ0) is 10.8. The summed E-state index contributed by atoms with van der Waals surface area (Å²) in [5.74, 6) is 0.917. The van der Waals surface area contributed by atoms with Crippen LogP contribution in [0.5, 0.6) is 5.75 Å². The minimum atomic E-state index is 0.290. The molecule has 4 nitrogen and oxygen atoms in total. The SMILES string of the molecule is c1cc2[nH]ncc2cc1OC1CCOCC1. The molecule has 4 heteroatoms. The zero-order valence-electron chi connectivity index (χ0n) is 8.98. The second kappa shape index (κ2) is 4.14. The number of benzene rings is 1. The van der Waals surface area contributed by atoms with Gasteiger partial charge in [0.1, 0.15) is 11.9 Å². The molecule has 1 aliphatic heterocycles. The number of aromatic nitrogens is 2. The predicted octanol–water partition coefficient (Wildman–Crippen LogP) is 2.12. The van der Waals surface area contributed by atoms with Crippen LogP contribution < -0.4 is 4.74 Å². The highest BCUT2D eigenvalue weighted by atomic mass is 16.5. The smallest absolute Gasteiger partial charge is 0.120 e. The van der Waals surface area contributed by atoms with Gasteiger partial charge in [0.2, 0.25) is 0 Å². The van der Waals surface area contributed by atoms with Crippen molar-refractivity contribution in [2.75, 3.05) is 13.2 Å². The number of fused-ring (bicyclic) bond motifs is 1. The second-order valence-electron chi connectivity index (χ2n) is 4.05. The molecule has 0 unspecified atom stereocenters. The van der Waals surface area contributed by atoms with Crippen LogP contribution in [0.2, 0.25) is 0 Å². The topological polar surface area (TPSA) is 47.1 Å². The Labute approximate surface area is 93.6 Å². The number of rotatable bonds is 2. The summed E-state index contributed by atoms with van der Waals surface area (Å²) < 4.78 is 11.2. The standard InChI is InChI=1S/C12H14N2O2/c1-2-12-9(8-13-14-12)7-11(1)16-10-3-5-15-6-4-10/h1-2,7-8,10H,3-6H2,(H,13,14). The van der Waals surface area contributed by atoms with Gasteiger partial charge in [-0.15, -0.1) is 0 Å². The third kappa shape index (κ3) is 1.88. The molecule has 0 bridgehead atoms. The molecule has 1 fully saturated rings. The maximum Gasteiger partial charge on any atom is 0.120 e. The fourth-order valence-corrected chi connectivity index (χ4v) is 1.98. The summed E-state index contributed by atoms with van der Waals surface area (Å²) in [6.45, 7) is 1.61. The van der Waals surface area contributed by atoms with Crippen LogP contribution in [0, 0.1) is 0 Å². The van der Waals surface area contributed by atoms with E-state index < -0.39 is 0 Å². The lowest BCUT2D eigenvalue weighted by molar-refractivity contribution is 0.0256. The lowest BCUT2D eigenvalue weighted by atomic mass is 10.1. The number of nitrogens with zero attached hydrogens (tertiary/aromatic N) is 1. The first-order valence-electron chi connectivity index (χ1n) is 5.59. The lowest BCUT2D eigenvalue weighted by Gasteiger charge is -2.23. The summed E-state index contributed by atoms with van der Waals surface area (Å²) in [7, 11) is 0. The first-order chi connectivity index (χ1) is 7.92. The zero-order valence-corrected chi connectivity index (χ0v) is 8.98. The molecule has 0 saturated carbocycles. The van der Waals surface area contributed by atoms with Crippen LogP contribution in [0.1, 0.15) is 12.8 Å². The Morgan fingerprint density at radius 1 is 1.31 bits per heavy atom. The van der Waals surface area contributed by atoms with Crippen molar-refractivity contribution in [1.82, 2.24) is 10.2 Å². The molecule has 0 amide bonds. The Kier molecular flexibility index (Phi) is 2.50. The highest BCUT2D eigenvalue weighted by molar-refractivity contribution is 5.79. The largest absolute Gasteiger partial charge is 0.490 e. The summed E-state index contributed by atoms with van der Waals surface area (Å²) in [5.41, 5.74) is 1.04. The average molecular weight is 218 g/mol. The minimum Gasteiger partial charge on any atom is -0.490 e. The summed E-state index contributed by atoms with van der Waals surface area (Å²) in [6, 6.07) is 6.00. The van der Waals surface area contributed by atoms with Gasteiger partial charge in [0.25, 0.3) is 0 Å². The average Bonchev–Trinajstić information content (AvgIpc) is 2.77. The molecular formula is C12H14N2O2. The monoisotopic (exact) mass is 218 g/mol. The maximum atomic E-state index is 5.91. The van der Waals surface area contributed by atoms with Gasteiger partial charge in [-0.1, -0.05) is 0 Å². The summed E-state index contributed by atoms with van der Waals surface area (Å²) in [5, 5.41) is 8.00. The van der Waals surface area contributed by atoms with Crippen LogP contribution in [0.15, 0.2) is 24.4 Å². The van der Waals surface area contributed by atoms with Gasteiger partial charge in [0, 0.05) is 18.2 Å². The van der Waals surface area contributed by atoms with Crippen molar-refractivity contribution in [1.29, 1.82) is 0 Å². The van der Waals surface area contributed by atoms with Gasteiger partial charge in [-0.3, -0.25) is 5.10 Å². The third-order valence-electron chi connectivity index (χ3n) is 2.88. The van der Waals surface area contributed by atoms with E-state index >= 15 is 0 Å². The number of hydrogen-bond acceptors (Lipinski definition) is 3. The number of ether oxygens (including phenoxy) is 2. The highest BCUT2D eigenvalue weighted by Gasteiger charge is 2.15. The van der Waals surface area contributed by atoms with E-state index in [0.29, 0.717) is 0 Å². The van der Waals surface area contributed by atoms with Crippen molar-refractivity contribution in [3.8, 4) is 5.75 Å². The van der Waals surface area contributed by atoms with Crippen LogP contribution >= 0.6 is 0 Å². The molecule has 84 valence electrons. The van der Waals surface area contributed by atoms with E-state index in [1.807, 2.05) is 24.4 Å². The Morgan fingerprint density at radius 2 is 2.19 bits per heavy atom. The van der Waals surface area contributed by atoms with Gasteiger partial charge < -0.3 is 9.47 Å². The van der Waals surface area contributed by atoms with Gasteiger partial charge in [0.05, 0.1) is 24.9 Å². The van der Waals surface area contributed by atoms with E-state index in [1.54, 1.807) is 0 Å².